The van der Waals surface area contributed by atoms with Gasteiger partial charge in [0.15, 0.2) is 35.7 Å². The molecule has 1 aliphatic carbocycles. The normalized spacial score (nSPS) is 23.6. The molecule has 3 aromatic rings. The van der Waals surface area contributed by atoms with Gasteiger partial charge in [-0.05, 0) is 43.7 Å². The highest BCUT2D eigenvalue weighted by molar-refractivity contribution is 5.89. The lowest BCUT2D eigenvalue weighted by molar-refractivity contribution is -0.162. The zero-order chi connectivity index (χ0) is 35.3. The zero-order valence-corrected chi connectivity index (χ0v) is 27.8. The van der Waals surface area contributed by atoms with E-state index in [0.29, 0.717) is 0 Å². The van der Waals surface area contributed by atoms with Crippen LogP contribution in [0.25, 0.3) is 5.52 Å². The van der Waals surface area contributed by atoms with Crippen molar-refractivity contribution in [3.05, 3.63) is 46.3 Å². The molecule has 0 bridgehead atoms. The molecule has 4 N–H and O–H groups in total. The first-order valence-corrected chi connectivity index (χ1v) is 16.2. The maximum atomic E-state index is 13.1. The fourth-order valence-electron chi connectivity index (χ4n) is 6.12. The average Bonchev–Trinajstić information content (AvgIpc) is 3.73. The molecule has 17 heteroatoms. The van der Waals surface area contributed by atoms with Crippen molar-refractivity contribution in [2.75, 3.05) is 19.0 Å². The number of aliphatic imine (C=N–C) groups is 1. The maximum absolute atomic E-state index is 13.1. The summed E-state index contributed by atoms with van der Waals surface area (Å²) in [5, 5.41) is 18.7. The summed E-state index contributed by atoms with van der Waals surface area (Å²) in [6, 6.07) is 2.16. The molecule has 1 saturated heterocycles. The van der Waals surface area contributed by atoms with Crippen LogP contribution in [-0.2, 0) is 40.7 Å². The Bertz CT molecular complexity index is 1730. The van der Waals surface area contributed by atoms with Crippen molar-refractivity contribution >= 4 is 35.6 Å². The predicted molar refractivity (Wildman–Crippen MR) is 171 cm³/mol. The molecule has 2 aliphatic rings. The lowest BCUT2D eigenvalue weighted by atomic mass is 9.87. The first-order valence-electron chi connectivity index (χ1n) is 16.2. The molecule has 0 spiro atoms. The number of aryl methyl sites for hydroxylation is 1. The largest absolute Gasteiger partial charge is 0.519 e. The molecule has 4 heterocycles. The van der Waals surface area contributed by atoms with E-state index in [-0.39, 0.29) is 60.0 Å². The smallest absolute Gasteiger partial charge is 0.463 e. The van der Waals surface area contributed by atoms with Crippen LogP contribution in [0.5, 0.6) is 0 Å². The van der Waals surface area contributed by atoms with Crippen LogP contribution in [0, 0.1) is 18.8 Å². The summed E-state index contributed by atoms with van der Waals surface area (Å²) in [5.74, 6) is -1.86. The topological polar surface area (TPSA) is 232 Å². The number of carbonyl (C=O) groups excluding carboxylic acids is 3. The zero-order valence-electron chi connectivity index (χ0n) is 27.8. The van der Waals surface area contributed by atoms with Crippen molar-refractivity contribution in [2.45, 2.75) is 95.9 Å². The number of hydrogen-bond acceptors (Lipinski definition) is 15. The van der Waals surface area contributed by atoms with Crippen LogP contribution in [0.4, 0.5) is 10.6 Å². The SMILES string of the molecule is C/N=C\[C@@]1(c2ccc3c(NC(=O)OCc4oc(=O)oc4C)ncnn23)O[C@H](COC(=O)CC2CCCCC2)[C@@H](OC(=O)[C@@H](N)C(C)C)[C@H]1O. The van der Waals surface area contributed by atoms with Crippen molar-refractivity contribution in [2.24, 2.45) is 22.6 Å². The fraction of sp³-hybridized carbons (Fsp3) is 0.594. The Morgan fingerprint density at radius 3 is 2.63 bits per heavy atom. The summed E-state index contributed by atoms with van der Waals surface area (Å²) in [6.45, 7) is 4.32. The van der Waals surface area contributed by atoms with Crippen LogP contribution >= 0.6 is 0 Å². The molecule has 1 saturated carbocycles. The second-order valence-electron chi connectivity index (χ2n) is 12.6. The van der Waals surface area contributed by atoms with Gasteiger partial charge in [-0.2, -0.15) is 5.10 Å². The van der Waals surface area contributed by atoms with Crippen molar-refractivity contribution in [1.82, 2.24) is 14.6 Å². The van der Waals surface area contributed by atoms with Crippen LogP contribution in [0.3, 0.4) is 0 Å². The van der Waals surface area contributed by atoms with Crippen molar-refractivity contribution in [1.29, 1.82) is 0 Å². The Morgan fingerprint density at radius 2 is 1.96 bits per heavy atom. The number of esters is 2. The van der Waals surface area contributed by atoms with Crippen molar-refractivity contribution in [3.63, 3.8) is 0 Å². The molecule has 0 radical (unpaired) electrons. The quantitative estimate of drug-likeness (QED) is 0.141. The van der Waals surface area contributed by atoms with Gasteiger partial charge in [0, 0.05) is 19.7 Å². The number of nitrogens with two attached hydrogens (primary N) is 1. The first-order chi connectivity index (χ1) is 23.4. The lowest BCUT2D eigenvalue weighted by Gasteiger charge is -2.28. The van der Waals surface area contributed by atoms with Gasteiger partial charge in [0.25, 0.3) is 0 Å². The van der Waals surface area contributed by atoms with Crippen LogP contribution in [0.1, 0.15) is 69.6 Å². The highest BCUT2D eigenvalue weighted by Gasteiger charge is 2.58. The van der Waals surface area contributed by atoms with E-state index in [1.54, 1.807) is 26.0 Å². The summed E-state index contributed by atoms with van der Waals surface area (Å²) in [4.78, 5) is 58.1. The Labute approximate surface area is 281 Å². The summed E-state index contributed by atoms with van der Waals surface area (Å²) in [6.07, 6.45) is 3.05. The van der Waals surface area contributed by atoms with Gasteiger partial charge < -0.3 is 38.6 Å². The molecule has 0 unspecified atom stereocenters. The highest BCUT2D eigenvalue weighted by atomic mass is 16.6. The molecule has 3 aromatic heterocycles. The number of aliphatic hydroxyl groups excluding tert-OH is 1. The molecule has 17 nitrogen and oxygen atoms in total. The number of fused-ring (bicyclic) bond motifs is 1. The minimum Gasteiger partial charge on any atom is -0.463 e. The minimum absolute atomic E-state index is 0.0340. The lowest BCUT2D eigenvalue weighted by Crippen LogP contribution is -2.47. The highest BCUT2D eigenvalue weighted by Crippen LogP contribution is 2.41. The molecule has 5 rings (SSSR count). The Kier molecular flexibility index (Phi) is 11.1. The number of hydrogen-bond donors (Lipinski definition) is 3. The van der Waals surface area contributed by atoms with E-state index in [1.807, 2.05) is 0 Å². The molecular formula is C32H42N6O11. The minimum atomic E-state index is -1.77. The summed E-state index contributed by atoms with van der Waals surface area (Å²) < 4.78 is 34.0. The van der Waals surface area contributed by atoms with E-state index in [2.05, 4.69) is 20.4 Å². The number of aromatic nitrogens is 3. The number of aliphatic hydroxyl groups is 1. The predicted octanol–water partition coefficient (Wildman–Crippen LogP) is 2.40. The van der Waals surface area contributed by atoms with E-state index in [0.717, 1.165) is 38.4 Å². The second-order valence-corrected chi connectivity index (χ2v) is 12.6. The van der Waals surface area contributed by atoms with E-state index >= 15 is 0 Å². The van der Waals surface area contributed by atoms with Gasteiger partial charge in [-0.25, -0.2) is 19.1 Å². The Hall–Kier alpha value is -4.61. The Morgan fingerprint density at radius 1 is 1.20 bits per heavy atom. The first kappa shape index (κ1) is 35.7. The van der Waals surface area contributed by atoms with Gasteiger partial charge in [0.05, 0.1) is 5.69 Å². The summed E-state index contributed by atoms with van der Waals surface area (Å²) in [5.41, 5.74) is 4.82. The van der Waals surface area contributed by atoms with Crippen LogP contribution in [0.2, 0.25) is 0 Å². The molecule has 2 fully saturated rings. The third kappa shape index (κ3) is 7.84. The number of carbonyl (C=O) groups is 3. The molecule has 266 valence electrons. The second kappa shape index (κ2) is 15.3. The van der Waals surface area contributed by atoms with Gasteiger partial charge in [-0.1, -0.05) is 33.1 Å². The number of anilines is 1. The van der Waals surface area contributed by atoms with Crippen molar-refractivity contribution in [3.8, 4) is 0 Å². The molecule has 0 aromatic carbocycles. The third-order valence-corrected chi connectivity index (χ3v) is 8.86. The third-order valence-electron chi connectivity index (χ3n) is 8.86. The van der Waals surface area contributed by atoms with Gasteiger partial charge in [-0.15, -0.1) is 0 Å². The molecular weight excluding hydrogens is 644 g/mol. The van der Waals surface area contributed by atoms with Gasteiger partial charge in [0.2, 0.25) is 0 Å². The molecule has 5 atom stereocenters. The van der Waals surface area contributed by atoms with Gasteiger partial charge in [-0.3, -0.25) is 19.9 Å². The van der Waals surface area contributed by atoms with Gasteiger partial charge >= 0.3 is 23.9 Å². The van der Waals surface area contributed by atoms with Crippen LogP contribution < -0.4 is 16.9 Å². The van der Waals surface area contributed by atoms with E-state index < -0.39 is 53.8 Å². The number of amides is 1. The van der Waals surface area contributed by atoms with E-state index in [9.17, 15) is 24.3 Å². The van der Waals surface area contributed by atoms with Gasteiger partial charge in [0.1, 0.15) is 36.7 Å². The number of rotatable bonds is 12. The number of nitrogens with zero attached hydrogens (tertiary/aromatic N) is 4. The summed E-state index contributed by atoms with van der Waals surface area (Å²) >= 11 is 0. The maximum Gasteiger partial charge on any atom is 0.519 e. The van der Waals surface area contributed by atoms with Crippen LogP contribution in [0.15, 0.2) is 37.1 Å². The number of ether oxygens (including phenoxy) is 4. The van der Waals surface area contributed by atoms with E-state index in [4.69, 9.17) is 33.5 Å². The van der Waals surface area contributed by atoms with Crippen molar-refractivity contribution < 1.29 is 47.3 Å². The standard InChI is InChI=1S/C32H42N6O11/c1-17(2)25(33)29(41)48-26-22(14-44-24(39)12-19-8-6-5-7-9-19)49-32(15-34-4,27(26)40)23-11-10-20-28(35-16-36-38(20)23)37-30(42)45-13-21-18(3)46-31(43)47-21/h10-11,15-17,19,22,25-27,40H,5-9,12-14,33H2,1-4H3,(H,35,36,37,42)/b34-15-/t22-,25+,26-,27-,32+/m1/s1. The van der Waals surface area contributed by atoms with Crippen LogP contribution in [-0.4, -0.2) is 82.0 Å². The average molecular weight is 687 g/mol. The molecule has 1 aliphatic heterocycles. The summed E-state index contributed by atoms with van der Waals surface area (Å²) in [7, 11) is 1.47. The fourth-order valence-corrected chi connectivity index (χ4v) is 6.12. The monoisotopic (exact) mass is 686 g/mol. The number of nitrogens with one attached hydrogen (secondary N) is 1. The Balaban J connectivity index is 1.40. The van der Waals surface area contributed by atoms with E-state index in [1.165, 1.54) is 24.7 Å². The molecule has 49 heavy (non-hydrogen) atoms. The molecule has 1 amide bonds.